The lowest BCUT2D eigenvalue weighted by Gasteiger charge is -2.36. The smallest absolute Gasteiger partial charge is 0.225 e. The van der Waals surface area contributed by atoms with Crippen LogP contribution in [-0.4, -0.2) is 11.9 Å². The summed E-state index contributed by atoms with van der Waals surface area (Å²) in [5, 5.41) is 2.95. The molecule has 1 fully saturated rings. The van der Waals surface area contributed by atoms with Crippen molar-refractivity contribution in [3.05, 3.63) is 35.9 Å². The van der Waals surface area contributed by atoms with E-state index in [0.717, 1.165) is 12.8 Å². The molecule has 2 rings (SSSR count). The van der Waals surface area contributed by atoms with E-state index in [9.17, 15) is 4.79 Å². The summed E-state index contributed by atoms with van der Waals surface area (Å²) in [7, 11) is 0. The summed E-state index contributed by atoms with van der Waals surface area (Å²) >= 11 is 0. The van der Waals surface area contributed by atoms with E-state index in [-0.39, 0.29) is 11.8 Å². The second-order valence-corrected chi connectivity index (χ2v) is 3.82. The molecule has 0 bridgehead atoms. The summed E-state index contributed by atoms with van der Waals surface area (Å²) in [6, 6.07) is 10.7. The lowest BCUT2D eigenvalue weighted by Crippen LogP contribution is -2.58. The van der Waals surface area contributed by atoms with E-state index in [1.165, 1.54) is 5.56 Å². The van der Waals surface area contributed by atoms with Gasteiger partial charge in [0, 0.05) is 6.04 Å². The van der Waals surface area contributed by atoms with Crippen LogP contribution in [0.1, 0.15) is 18.9 Å². The Morgan fingerprint density at radius 1 is 1.29 bits per heavy atom. The first-order valence-electron chi connectivity index (χ1n) is 5.15. The average molecular weight is 189 g/mol. The zero-order valence-electron chi connectivity index (χ0n) is 8.36. The van der Waals surface area contributed by atoms with Crippen LogP contribution in [0.2, 0.25) is 0 Å². The predicted molar refractivity (Wildman–Crippen MR) is 55.9 cm³/mol. The van der Waals surface area contributed by atoms with Crippen molar-refractivity contribution < 1.29 is 4.79 Å². The molecule has 1 aliphatic heterocycles. The predicted octanol–water partition coefficient (Wildman–Crippen LogP) is 1.75. The molecule has 0 radical (unpaired) electrons. The Labute approximate surface area is 84.3 Å². The van der Waals surface area contributed by atoms with Crippen LogP contribution in [0.4, 0.5) is 0 Å². The van der Waals surface area contributed by atoms with Gasteiger partial charge >= 0.3 is 0 Å². The van der Waals surface area contributed by atoms with Crippen LogP contribution < -0.4 is 5.32 Å². The Morgan fingerprint density at radius 2 is 2.00 bits per heavy atom. The topological polar surface area (TPSA) is 29.1 Å². The molecular weight excluding hydrogens is 174 g/mol. The van der Waals surface area contributed by atoms with Crippen molar-refractivity contribution in [2.24, 2.45) is 5.92 Å². The van der Waals surface area contributed by atoms with Crippen LogP contribution in [0.5, 0.6) is 0 Å². The van der Waals surface area contributed by atoms with Gasteiger partial charge in [-0.2, -0.15) is 0 Å². The zero-order valence-corrected chi connectivity index (χ0v) is 8.36. The second kappa shape index (κ2) is 3.82. The summed E-state index contributed by atoms with van der Waals surface area (Å²) < 4.78 is 0. The molecule has 1 amide bonds. The van der Waals surface area contributed by atoms with Crippen molar-refractivity contribution in [1.29, 1.82) is 0 Å². The van der Waals surface area contributed by atoms with Crippen LogP contribution >= 0.6 is 0 Å². The fourth-order valence-electron chi connectivity index (χ4n) is 2.01. The van der Waals surface area contributed by atoms with E-state index in [1.54, 1.807) is 0 Å². The Kier molecular flexibility index (Phi) is 2.53. The summed E-state index contributed by atoms with van der Waals surface area (Å²) in [6.45, 7) is 2.07. The van der Waals surface area contributed by atoms with Gasteiger partial charge in [0.15, 0.2) is 0 Å². The molecular formula is C12H15NO. The van der Waals surface area contributed by atoms with Crippen molar-refractivity contribution in [3.8, 4) is 0 Å². The van der Waals surface area contributed by atoms with Gasteiger partial charge in [0.2, 0.25) is 5.91 Å². The minimum absolute atomic E-state index is 0.216. The highest BCUT2D eigenvalue weighted by Crippen LogP contribution is 2.21. The standard InChI is InChI=1S/C12H15NO/c1-2-10-11(13-12(10)14)8-9-6-4-3-5-7-9/h3-7,10-11H,2,8H2,1H3,(H,13,14)/t10-,11+/m1/s1. The van der Waals surface area contributed by atoms with Crippen LogP contribution in [0.3, 0.4) is 0 Å². The molecule has 0 spiro atoms. The van der Waals surface area contributed by atoms with E-state index in [2.05, 4.69) is 24.4 Å². The van der Waals surface area contributed by atoms with Gasteiger partial charge in [0.05, 0.1) is 5.92 Å². The van der Waals surface area contributed by atoms with E-state index < -0.39 is 0 Å². The van der Waals surface area contributed by atoms with Gasteiger partial charge in [-0.3, -0.25) is 4.79 Å². The monoisotopic (exact) mass is 189 g/mol. The number of carbonyl (C=O) groups excluding carboxylic acids is 1. The van der Waals surface area contributed by atoms with Crippen LogP contribution in [0.15, 0.2) is 30.3 Å². The lowest BCUT2D eigenvalue weighted by molar-refractivity contribution is -0.135. The number of nitrogens with one attached hydrogen (secondary N) is 1. The van der Waals surface area contributed by atoms with Crippen molar-refractivity contribution in [2.45, 2.75) is 25.8 Å². The molecule has 2 nitrogen and oxygen atoms in total. The molecule has 2 atom stereocenters. The second-order valence-electron chi connectivity index (χ2n) is 3.82. The third kappa shape index (κ3) is 1.65. The molecule has 0 aliphatic carbocycles. The highest BCUT2D eigenvalue weighted by atomic mass is 16.2. The van der Waals surface area contributed by atoms with Crippen molar-refractivity contribution in [2.75, 3.05) is 0 Å². The SMILES string of the molecule is CC[C@H]1C(=O)N[C@H]1Cc1ccccc1. The van der Waals surface area contributed by atoms with Gasteiger partial charge < -0.3 is 5.32 Å². The number of rotatable bonds is 3. The third-order valence-corrected chi connectivity index (χ3v) is 2.89. The molecule has 2 heteroatoms. The average Bonchev–Trinajstić information content (AvgIpc) is 2.19. The molecule has 1 saturated heterocycles. The van der Waals surface area contributed by atoms with E-state index >= 15 is 0 Å². The third-order valence-electron chi connectivity index (χ3n) is 2.89. The van der Waals surface area contributed by atoms with E-state index in [4.69, 9.17) is 0 Å². The molecule has 0 aromatic heterocycles. The van der Waals surface area contributed by atoms with Crippen molar-refractivity contribution in [1.82, 2.24) is 5.32 Å². The Hall–Kier alpha value is -1.31. The summed E-state index contributed by atoms with van der Waals surface area (Å²) in [5.74, 6) is 0.448. The van der Waals surface area contributed by atoms with Crippen molar-refractivity contribution in [3.63, 3.8) is 0 Å². The van der Waals surface area contributed by atoms with Gasteiger partial charge in [-0.1, -0.05) is 37.3 Å². The van der Waals surface area contributed by atoms with Crippen LogP contribution in [0, 0.1) is 5.92 Å². The highest BCUT2D eigenvalue weighted by molar-refractivity contribution is 5.85. The summed E-state index contributed by atoms with van der Waals surface area (Å²) in [4.78, 5) is 11.2. The lowest BCUT2D eigenvalue weighted by atomic mass is 9.84. The summed E-state index contributed by atoms with van der Waals surface area (Å²) in [6.07, 6.45) is 1.91. The Balaban J connectivity index is 1.97. The molecule has 0 saturated carbocycles. The summed E-state index contributed by atoms with van der Waals surface area (Å²) in [5.41, 5.74) is 1.30. The van der Waals surface area contributed by atoms with E-state index in [0.29, 0.717) is 6.04 Å². The minimum atomic E-state index is 0.216. The highest BCUT2D eigenvalue weighted by Gasteiger charge is 2.37. The first-order chi connectivity index (χ1) is 6.81. The zero-order chi connectivity index (χ0) is 9.97. The molecule has 0 unspecified atom stereocenters. The van der Waals surface area contributed by atoms with E-state index in [1.807, 2.05) is 18.2 Å². The van der Waals surface area contributed by atoms with Crippen molar-refractivity contribution >= 4 is 5.91 Å². The van der Waals surface area contributed by atoms with Gasteiger partial charge in [-0.25, -0.2) is 0 Å². The number of amides is 1. The van der Waals surface area contributed by atoms with Gasteiger partial charge in [-0.05, 0) is 18.4 Å². The normalized spacial score (nSPS) is 25.4. The Morgan fingerprint density at radius 3 is 2.57 bits per heavy atom. The maximum atomic E-state index is 11.2. The number of hydrogen-bond acceptors (Lipinski definition) is 1. The fourth-order valence-corrected chi connectivity index (χ4v) is 2.01. The van der Waals surface area contributed by atoms with Crippen LogP contribution in [0.25, 0.3) is 0 Å². The van der Waals surface area contributed by atoms with Crippen LogP contribution in [-0.2, 0) is 11.2 Å². The first kappa shape index (κ1) is 9.25. The molecule has 14 heavy (non-hydrogen) atoms. The number of carbonyl (C=O) groups is 1. The number of hydrogen-bond donors (Lipinski definition) is 1. The number of β-lactam (4-membered cyclic amide) rings is 1. The maximum absolute atomic E-state index is 11.2. The first-order valence-corrected chi connectivity index (χ1v) is 5.15. The van der Waals surface area contributed by atoms with Gasteiger partial charge in [0.25, 0.3) is 0 Å². The largest absolute Gasteiger partial charge is 0.352 e. The molecule has 1 N–H and O–H groups in total. The number of benzene rings is 1. The molecule has 1 heterocycles. The molecule has 1 aliphatic rings. The minimum Gasteiger partial charge on any atom is -0.352 e. The molecule has 1 aromatic carbocycles. The van der Waals surface area contributed by atoms with Gasteiger partial charge in [-0.15, -0.1) is 0 Å². The molecule has 1 aromatic rings. The Bertz CT molecular complexity index is 320. The van der Waals surface area contributed by atoms with Gasteiger partial charge in [0.1, 0.15) is 0 Å². The quantitative estimate of drug-likeness (QED) is 0.721. The fraction of sp³-hybridized carbons (Fsp3) is 0.417. The molecule has 74 valence electrons. The maximum Gasteiger partial charge on any atom is 0.225 e.